The van der Waals surface area contributed by atoms with Crippen LogP contribution in [0.4, 0.5) is 0 Å². The van der Waals surface area contributed by atoms with E-state index in [0.717, 1.165) is 6.26 Å². The van der Waals surface area contributed by atoms with Crippen molar-refractivity contribution < 1.29 is 18.3 Å². The van der Waals surface area contributed by atoms with Crippen LogP contribution >= 0.6 is 0 Å². The number of hydrogen-bond acceptors (Lipinski definition) is 9. The first-order chi connectivity index (χ1) is 17.5. The number of amides is 1. The Labute approximate surface area is 210 Å². The Kier molecular flexibility index (Phi) is 6.12. The minimum atomic E-state index is -3.46. The molecule has 0 aliphatic carbocycles. The summed E-state index contributed by atoms with van der Waals surface area (Å²) in [5.74, 6) is -0.367. The molecule has 1 aliphatic heterocycles. The maximum Gasteiger partial charge on any atom is 0.329 e. The molecule has 1 atom stereocenters. The van der Waals surface area contributed by atoms with Gasteiger partial charge in [0.1, 0.15) is 11.6 Å². The Morgan fingerprint density at radius 1 is 1.11 bits per heavy atom. The molecule has 0 saturated carbocycles. The minimum absolute atomic E-state index is 0.0649. The number of aliphatic hydroxyl groups is 1. The number of pyridine rings is 3. The zero-order valence-electron chi connectivity index (χ0n) is 20.1. The summed E-state index contributed by atoms with van der Waals surface area (Å²) in [7, 11) is -3.46. The van der Waals surface area contributed by atoms with Crippen LogP contribution in [0.3, 0.4) is 0 Å². The van der Waals surface area contributed by atoms with Gasteiger partial charge in [0, 0.05) is 43.3 Å². The van der Waals surface area contributed by atoms with Crippen molar-refractivity contribution in [2.75, 3.05) is 19.3 Å². The van der Waals surface area contributed by atoms with Crippen LogP contribution in [-0.4, -0.2) is 74.3 Å². The minimum Gasteiger partial charge on any atom is -0.384 e. The van der Waals surface area contributed by atoms with E-state index < -0.39 is 27.2 Å². The summed E-state index contributed by atoms with van der Waals surface area (Å²) in [6.07, 6.45) is 3.66. The number of fused-ring (bicyclic) bond motifs is 3. The molecule has 5 rings (SSSR count). The van der Waals surface area contributed by atoms with Crippen LogP contribution < -0.4 is 11.2 Å². The number of aliphatic hydroxyl groups excluding tert-OH is 1. The van der Waals surface area contributed by atoms with Gasteiger partial charge in [-0.2, -0.15) is 0 Å². The van der Waals surface area contributed by atoms with Gasteiger partial charge in [-0.1, -0.05) is 0 Å². The first-order valence-corrected chi connectivity index (χ1v) is 13.5. The summed E-state index contributed by atoms with van der Waals surface area (Å²) in [6, 6.07) is 6.07. The Hall–Kier alpha value is -3.97. The van der Waals surface area contributed by atoms with Crippen molar-refractivity contribution in [3.05, 3.63) is 57.5 Å². The zero-order chi connectivity index (χ0) is 26.5. The number of nitrogens with one attached hydrogen (secondary N) is 1. The number of carbonyl (C=O) groups is 1. The lowest BCUT2D eigenvalue weighted by Gasteiger charge is -2.34. The third-order valence-corrected chi connectivity index (χ3v) is 7.52. The highest BCUT2D eigenvalue weighted by Crippen LogP contribution is 2.29. The number of likely N-dealkylation sites (tertiary alicyclic amines) is 1. The quantitative estimate of drug-likeness (QED) is 0.364. The Morgan fingerprint density at radius 2 is 1.84 bits per heavy atom. The number of aromatic amines is 1. The van der Waals surface area contributed by atoms with Crippen molar-refractivity contribution in [3.8, 4) is 11.3 Å². The van der Waals surface area contributed by atoms with Gasteiger partial charge in [0.15, 0.2) is 14.9 Å². The fourth-order valence-corrected chi connectivity index (χ4v) is 5.22. The van der Waals surface area contributed by atoms with Gasteiger partial charge >= 0.3 is 5.69 Å². The summed E-state index contributed by atoms with van der Waals surface area (Å²) in [5.41, 5.74) is 0.989. The lowest BCUT2D eigenvalue weighted by molar-refractivity contribution is -0.140. The molecule has 1 fully saturated rings. The number of sulfone groups is 1. The molecular weight excluding hydrogens is 500 g/mol. The molecule has 1 aliphatic rings. The number of carbonyl (C=O) groups excluding carboxylic acids is 1. The highest BCUT2D eigenvalue weighted by Gasteiger charge is 2.28. The Bertz CT molecular complexity index is 1750. The Balaban J connectivity index is 1.64. The van der Waals surface area contributed by atoms with Crippen molar-refractivity contribution in [1.82, 2.24) is 29.4 Å². The molecule has 4 aromatic rings. The van der Waals surface area contributed by atoms with Crippen molar-refractivity contribution >= 4 is 37.7 Å². The van der Waals surface area contributed by atoms with Gasteiger partial charge in [0.05, 0.1) is 22.1 Å². The number of nitrogens with zero attached hydrogens (tertiary/aromatic N) is 5. The molecular formula is C24H24N6O6S. The number of hydrogen-bond donors (Lipinski definition) is 2. The van der Waals surface area contributed by atoms with Gasteiger partial charge in [0.25, 0.3) is 11.5 Å². The van der Waals surface area contributed by atoms with Crippen LogP contribution in [0.2, 0.25) is 0 Å². The van der Waals surface area contributed by atoms with Crippen molar-refractivity contribution in [1.29, 1.82) is 0 Å². The van der Waals surface area contributed by atoms with E-state index in [-0.39, 0.29) is 22.4 Å². The topological polar surface area (TPSA) is 168 Å². The average Bonchev–Trinajstić information content (AvgIpc) is 2.87. The maximum atomic E-state index is 13.1. The van der Waals surface area contributed by atoms with Crippen molar-refractivity contribution in [3.63, 3.8) is 0 Å². The van der Waals surface area contributed by atoms with Gasteiger partial charge in [-0.3, -0.25) is 24.1 Å². The van der Waals surface area contributed by atoms with Crippen molar-refractivity contribution in [2.45, 2.75) is 36.9 Å². The summed E-state index contributed by atoms with van der Waals surface area (Å²) >= 11 is 0. The van der Waals surface area contributed by atoms with Crippen LogP contribution in [-0.2, 0) is 14.6 Å². The molecule has 2 N–H and O–H groups in total. The molecule has 1 saturated heterocycles. The molecule has 13 heteroatoms. The van der Waals surface area contributed by atoms with Crippen LogP contribution in [0, 0.1) is 0 Å². The highest BCUT2D eigenvalue weighted by atomic mass is 32.2. The van der Waals surface area contributed by atoms with Crippen LogP contribution in [0.25, 0.3) is 33.2 Å². The lowest BCUT2D eigenvalue weighted by Crippen LogP contribution is -2.45. The predicted molar refractivity (Wildman–Crippen MR) is 135 cm³/mol. The number of piperidine rings is 1. The molecule has 1 amide bonds. The van der Waals surface area contributed by atoms with Gasteiger partial charge in [0.2, 0.25) is 0 Å². The average molecular weight is 525 g/mol. The molecule has 37 heavy (non-hydrogen) atoms. The molecule has 0 bridgehead atoms. The van der Waals surface area contributed by atoms with E-state index in [1.54, 1.807) is 23.1 Å². The summed E-state index contributed by atoms with van der Waals surface area (Å²) in [5, 5.41) is 9.76. The Morgan fingerprint density at radius 3 is 2.46 bits per heavy atom. The second-order valence-corrected chi connectivity index (χ2v) is 11.1. The molecule has 0 spiro atoms. The number of aromatic nitrogens is 5. The van der Waals surface area contributed by atoms with Gasteiger partial charge in [-0.25, -0.2) is 23.2 Å². The predicted octanol–water partition coefficient (Wildman–Crippen LogP) is 0.643. The molecule has 192 valence electrons. The van der Waals surface area contributed by atoms with E-state index in [0.29, 0.717) is 53.7 Å². The third-order valence-electron chi connectivity index (χ3n) is 6.52. The van der Waals surface area contributed by atoms with E-state index >= 15 is 0 Å². The van der Waals surface area contributed by atoms with Gasteiger partial charge in [-0.05, 0) is 44.0 Å². The second-order valence-electron chi connectivity index (χ2n) is 9.10. The normalized spacial score (nSPS) is 15.8. The number of H-pyrrole nitrogens is 1. The van der Waals surface area contributed by atoms with Crippen LogP contribution in [0.5, 0.6) is 0 Å². The monoisotopic (exact) mass is 524 g/mol. The first kappa shape index (κ1) is 24.7. The second kappa shape index (κ2) is 9.16. The third kappa shape index (κ3) is 4.51. The van der Waals surface area contributed by atoms with Gasteiger partial charge < -0.3 is 10.0 Å². The smallest absolute Gasteiger partial charge is 0.329 e. The first-order valence-electron chi connectivity index (χ1n) is 11.6. The largest absolute Gasteiger partial charge is 0.384 e. The lowest BCUT2D eigenvalue weighted by atomic mass is 10.0. The summed E-state index contributed by atoms with van der Waals surface area (Å²) < 4.78 is 25.0. The van der Waals surface area contributed by atoms with Crippen LogP contribution in [0.15, 0.2) is 51.3 Å². The molecule has 12 nitrogen and oxygen atoms in total. The standard InChI is InChI=1S/C24H24N6O6S/c1-13(31)23(33)29-9-7-15(8-10-29)30-21-16(22(32)28-24(30)34)12-25-18-5-4-17(27-20(18)21)14-3-6-19(26-11-14)37(2,35)36/h3-6,11-13,15,31H,7-10H2,1-2H3,(H,28,32,34)/t13-/m1/s1. The molecule has 0 aromatic carbocycles. The van der Waals surface area contributed by atoms with E-state index in [1.807, 2.05) is 0 Å². The SMILES string of the molecule is C[C@@H](O)C(=O)N1CCC(n2c(=O)[nH]c(=O)c3cnc4ccc(-c5ccc(S(C)(=O)=O)nc5)nc4c32)CC1. The highest BCUT2D eigenvalue weighted by molar-refractivity contribution is 7.90. The van der Waals surface area contributed by atoms with Crippen LogP contribution in [0.1, 0.15) is 25.8 Å². The summed E-state index contributed by atoms with van der Waals surface area (Å²) in [6.45, 7) is 2.12. The number of rotatable bonds is 4. The van der Waals surface area contributed by atoms with E-state index in [9.17, 15) is 27.9 Å². The van der Waals surface area contributed by atoms with Crippen molar-refractivity contribution in [2.24, 2.45) is 0 Å². The molecule has 0 radical (unpaired) electrons. The molecule has 4 aromatic heterocycles. The molecule has 5 heterocycles. The van der Waals surface area contributed by atoms with Gasteiger partial charge in [-0.15, -0.1) is 0 Å². The fraction of sp³-hybridized carbons (Fsp3) is 0.333. The molecule has 0 unspecified atom stereocenters. The zero-order valence-corrected chi connectivity index (χ0v) is 20.9. The summed E-state index contributed by atoms with van der Waals surface area (Å²) in [4.78, 5) is 55.0. The maximum absolute atomic E-state index is 13.1. The fourth-order valence-electron chi connectivity index (χ4n) is 4.66. The van der Waals surface area contributed by atoms with E-state index in [1.165, 1.54) is 30.0 Å². The van der Waals surface area contributed by atoms with E-state index in [2.05, 4.69) is 15.0 Å². The van der Waals surface area contributed by atoms with E-state index in [4.69, 9.17) is 4.98 Å².